The van der Waals surface area contributed by atoms with Crippen LogP contribution in [0.2, 0.25) is 0 Å². The van der Waals surface area contributed by atoms with Gasteiger partial charge in [-0.05, 0) is 55.4 Å². The van der Waals surface area contributed by atoms with E-state index < -0.39 is 6.09 Å². The fourth-order valence-corrected chi connectivity index (χ4v) is 5.63. The highest BCUT2D eigenvalue weighted by molar-refractivity contribution is 5.97. The molecule has 41 heavy (non-hydrogen) atoms. The van der Waals surface area contributed by atoms with E-state index in [1.54, 1.807) is 12.1 Å². The third-order valence-corrected chi connectivity index (χ3v) is 7.86. The number of phenolic OH excluding ortho intramolecular Hbond substituents is 1. The van der Waals surface area contributed by atoms with Crippen LogP contribution in [0.15, 0.2) is 36.4 Å². The number of rotatable bonds is 15. The lowest BCUT2D eigenvalue weighted by atomic mass is 9.94. The number of aromatic hydroxyl groups is 1. The number of carboxylic acid groups (broad SMARTS) is 1. The molecule has 1 fully saturated rings. The van der Waals surface area contributed by atoms with Crippen molar-refractivity contribution in [3.05, 3.63) is 53.1 Å². The molecule has 0 radical (unpaired) electrons. The molecule has 1 heterocycles. The standard InChI is InChI=1S/C31H41N3O7/c35-21-24-7-4-6-23(20-24)13-19-40-18-5-14-33(26-8-2-1-3-9-26)16-17-34(31(38)39)15-12-25-10-11-27(36)29-30(25)41-22-28(37)32-29/h4,6-7,10-11,20-21,26,36H,1-3,5,8-9,12-19,22H2,(H,32,37)(H,38,39). The molecule has 10 heteroatoms. The molecule has 10 nitrogen and oxygen atoms in total. The van der Waals surface area contributed by atoms with Gasteiger partial charge in [-0.25, -0.2) is 4.79 Å². The Bertz CT molecular complexity index is 1180. The van der Waals surface area contributed by atoms with E-state index in [4.69, 9.17) is 9.47 Å². The average Bonchev–Trinajstić information content (AvgIpc) is 2.99. The Balaban J connectivity index is 1.27. The van der Waals surface area contributed by atoms with E-state index in [1.807, 2.05) is 18.2 Å². The van der Waals surface area contributed by atoms with Crippen molar-refractivity contribution < 1.29 is 34.1 Å². The summed E-state index contributed by atoms with van der Waals surface area (Å²) in [6.07, 6.45) is 7.79. The molecule has 1 aliphatic carbocycles. The first kappa shape index (κ1) is 30.3. The number of anilines is 1. The number of benzene rings is 2. The number of phenols is 1. The Labute approximate surface area is 241 Å². The molecule has 0 unspecified atom stereocenters. The van der Waals surface area contributed by atoms with Crippen molar-refractivity contribution in [2.75, 3.05) is 51.3 Å². The summed E-state index contributed by atoms with van der Waals surface area (Å²) < 4.78 is 11.4. The average molecular weight is 568 g/mol. The first-order valence-electron chi connectivity index (χ1n) is 14.6. The molecule has 1 aliphatic heterocycles. The molecule has 0 saturated heterocycles. The van der Waals surface area contributed by atoms with Crippen LogP contribution >= 0.6 is 0 Å². The fourth-order valence-electron chi connectivity index (χ4n) is 5.63. The maximum absolute atomic E-state index is 12.1. The molecule has 2 aliphatic rings. The van der Waals surface area contributed by atoms with Crippen molar-refractivity contribution in [2.24, 2.45) is 0 Å². The summed E-state index contributed by atoms with van der Waals surface area (Å²) in [6.45, 7) is 3.23. The molecule has 0 aromatic heterocycles. The summed E-state index contributed by atoms with van der Waals surface area (Å²) in [5.74, 6) is -0.0176. The number of nitrogens with zero attached hydrogens (tertiary/aromatic N) is 2. The van der Waals surface area contributed by atoms with Crippen LogP contribution in [0, 0.1) is 0 Å². The largest absolute Gasteiger partial charge is 0.506 e. The van der Waals surface area contributed by atoms with Crippen LogP contribution in [0.25, 0.3) is 0 Å². The van der Waals surface area contributed by atoms with Gasteiger partial charge in [0.05, 0.1) is 6.61 Å². The van der Waals surface area contributed by atoms with Crippen LogP contribution in [0.3, 0.4) is 0 Å². The lowest BCUT2D eigenvalue weighted by Gasteiger charge is -2.35. The molecule has 0 bridgehead atoms. The highest BCUT2D eigenvalue weighted by Crippen LogP contribution is 2.39. The van der Waals surface area contributed by atoms with Crippen LogP contribution in [0.5, 0.6) is 11.5 Å². The van der Waals surface area contributed by atoms with Gasteiger partial charge in [-0.15, -0.1) is 0 Å². The summed E-state index contributed by atoms with van der Waals surface area (Å²) in [6, 6.07) is 11.2. The van der Waals surface area contributed by atoms with Gasteiger partial charge in [0.2, 0.25) is 0 Å². The maximum Gasteiger partial charge on any atom is 0.407 e. The number of carbonyl (C=O) groups excluding carboxylic acids is 2. The minimum Gasteiger partial charge on any atom is -0.506 e. The molecule has 3 N–H and O–H groups in total. The maximum atomic E-state index is 12.1. The SMILES string of the molecule is O=Cc1cccc(CCOCCCN(CCN(CCc2ccc(O)c3c2OCC(=O)N3)C(=O)O)C2CCCCC2)c1. The third kappa shape index (κ3) is 8.93. The van der Waals surface area contributed by atoms with Crippen LogP contribution < -0.4 is 10.1 Å². The quantitative estimate of drug-likeness (QED) is 0.165. The van der Waals surface area contributed by atoms with Gasteiger partial charge in [0.15, 0.2) is 12.4 Å². The molecular weight excluding hydrogens is 526 g/mol. The first-order valence-corrected chi connectivity index (χ1v) is 14.6. The van der Waals surface area contributed by atoms with Crippen molar-refractivity contribution in [2.45, 2.75) is 57.4 Å². The zero-order valence-corrected chi connectivity index (χ0v) is 23.6. The highest BCUT2D eigenvalue weighted by atomic mass is 16.5. The predicted molar refractivity (Wildman–Crippen MR) is 155 cm³/mol. The van der Waals surface area contributed by atoms with E-state index >= 15 is 0 Å². The minimum atomic E-state index is -0.975. The minimum absolute atomic E-state index is 0.0777. The van der Waals surface area contributed by atoms with E-state index in [0.29, 0.717) is 50.1 Å². The summed E-state index contributed by atoms with van der Waals surface area (Å²) in [4.78, 5) is 38.6. The molecular formula is C31H41N3O7. The van der Waals surface area contributed by atoms with Crippen molar-refractivity contribution >= 4 is 24.0 Å². The van der Waals surface area contributed by atoms with E-state index in [-0.39, 0.29) is 30.5 Å². The van der Waals surface area contributed by atoms with Crippen molar-refractivity contribution in [1.82, 2.24) is 9.80 Å². The molecule has 2 aromatic rings. The zero-order valence-electron chi connectivity index (χ0n) is 23.6. The Morgan fingerprint density at radius 2 is 1.88 bits per heavy atom. The van der Waals surface area contributed by atoms with Gasteiger partial charge in [0.1, 0.15) is 17.7 Å². The smallest absolute Gasteiger partial charge is 0.407 e. The lowest BCUT2D eigenvalue weighted by molar-refractivity contribution is -0.118. The van der Waals surface area contributed by atoms with Gasteiger partial charge >= 0.3 is 6.09 Å². The number of carbonyl (C=O) groups is 3. The number of hydrogen-bond donors (Lipinski definition) is 3. The second-order valence-electron chi connectivity index (χ2n) is 10.7. The number of hydrogen-bond acceptors (Lipinski definition) is 7. The van der Waals surface area contributed by atoms with Gasteiger partial charge in [-0.2, -0.15) is 0 Å². The Morgan fingerprint density at radius 1 is 1.05 bits per heavy atom. The van der Waals surface area contributed by atoms with Gasteiger partial charge in [-0.1, -0.05) is 43.5 Å². The van der Waals surface area contributed by atoms with E-state index in [9.17, 15) is 24.6 Å². The molecule has 222 valence electrons. The number of nitrogens with one attached hydrogen (secondary N) is 1. The molecule has 4 rings (SSSR count). The summed E-state index contributed by atoms with van der Waals surface area (Å²) in [5, 5.41) is 22.7. The van der Waals surface area contributed by atoms with E-state index in [1.165, 1.54) is 30.2 Å². The van der Waals surface area contributed by atoms with Crippen molar-refractivity contribution in [1.29, 1.82) is 0 Å². The second kappa shape index (κ2) is 15.4. The monoisotopic (exact) mass is 567 g/mol. The number of fused-ring (bicyclic) bond motifs is 1. The molecule has 0 atom stereocenters. The van der Waals surface area contributed by atoms with E-state index in [2.05, 4.69) is 10.2 Å². The van der Waals surface area contributed by atoms with Crippen molar-refractivity contribution in [3.8, 4) is 11.5 Å². The number of aldehydes is 1. The highest BCUT2D eigenvalue weighted by Gasteiger charge is 2.25. The molecule has 1 saturated carbocycles. The van der Waals surface area contributed by atoms with Crippen LogP contribution in [0.1, 0.15) is 60.0 Å². The van der Waals surface area contributed by atoms with E-state index in [0.717, 1.165) is 49.6 Å². The van der Waals surface area contributed by atoms with Gasteiger partial charge in [0, 0.05) is 44.4 Å². The summed E-state index contributed by atoms with van der Waals surface area (Å²) >= 11 is 0. The fraction of sp³-hybridized carbons (Fsp3) is 0.516. The Morgan fingerprint density at radius 3 is 2.66 bits per heavy atom. The van der Waals surface area contributed by atoms with Crippen molar-refractivity contribution in [3.63, 3.8) is 0 Å². The predicted octanol–water partition coefficient (Wildman–Crippen LogP) is 4.34. The topological polar surface area (TPSA) is 129 Å². The number of amides is 2. The summed E-state index contributed by atoms with van der Waals surface area (Å²) in [5.41, 5.74) is 2.73. The normalized spacial score (nSPS) is 15.2. The van der Waals surface area contributed by atoms with Crippen LogP contribution in [0.4, 0.5) is 10.5 Å². The second-order valence-corrected chi connectivity index (χ2v) is 10.7. The molecule has 0 spiro atoms. The molecule has 2 amide bonds. The zero-order chi connectivity index (χ0) is 29.0. The first-order chi connectivity index (χ1) is 19.9. The van der Waals surface area contributed by atoms with Crippen LogP contribution in [-0.4, -0.2) is 90.3 Å². The Kier molecular flexibility index (Phi) is 11.4. The summed E-state index contributed by atoms with van der Waals surface area (Å²) in [7, 11) is 0. The van der Waals surface area contributed by atoms with Gasteiger partial charge in [0.25, 0.3) is 5.91 Å². The molecule has 2 aromatic carbocycles. The van der Waals surface area contributed by atoms with Crippen LogP contribution in [-0.2, 0) is 22.4 Å². The lowest BCUT2D eigenvalue weighted by Crippen LogP contribution is -2.44. The third-order valence-electron chi connectivity index (χ3n) is 7.86. The number of ether oxygens (including phenoxy) is 2. The Hall–Kier alpha value is -3.63. The van der Waals surface area contributed by atoms with Gasteiger partial charge < -0.3 is 29.9 Å². The van der Waals surface area contributed by atoms with Gasteiger partial charge in [-0.3, -0.25) is 14.5 Å².